The minimum atomic E-state index is -0.760. The van der Waals surface area contributed by atoms with E-state index in [0.29, 0.717) is 13.2 Å². The Hall–Kier alpha value is -0.410. The van der Waals surface area contributed by atoms with Crippen molar-refractivity contribution < 1.29 is 14.3 Å². The quantitative estimate of drug-likeness (QED) is 0.602. The molecule has 0 radical (unpaired) electrons. The normalized spacial score (nSPS) is 16.0. The lowest BCUT2D eigenvalue weighted by molar-refractivity contribution is -0.146. The molecule has 0 aromatic carbocycles. The molecular formula is C8H16O3. The van der Waals surface area contributed by atoms with Crippen molar-refractivity contribution in [2.24, 2.45) is 0 Å². The highest BCUT2D eigenvalue weighted by Crippen LogP contribution is 2.11. The fourth-order valence-electron chi connectivity index (χ4n) is 0.839. The van der Waals surface area contributed by atoms with Crippen molar-refractivity contribution in [1.29, 1.82) is 0 Å². The maximum Gasteiger partial charge on any atom is 0.163 e. The van der Waals surface area contributed by atoms with Crippen LogP contribution < -0.4 is 0 Å². The number of ketones is 1. The van der Waals surface area contributed by atoms with Gasteiger partial charge >= 0.3 is 0 Å². The lowest BCUT2D eigenvalue weighted by Crippen LogP contribution is -2.41. The van der Waals surface area contributed by atoms with Crippen LogP contribution >= 0.6 is 0 Å². The Morgan fingerprint density at radius 1 is 1.55 bits per heavy atom. The number of rotatable bonds is 5. The Morgan fingerprint density at radius 2 is 2.09 bits per heavy atom. The number of carbonyl (C=O) groups is 1. The Kier molecular flexibility index (Phi) is 4.30. The van der Waals surface area contributed by atoms with Gasteiger partial charge in [-0.1, -0.05) is 0 Å². The average molecular weight is 160 g/mol. The average Bonchev–Trinajstić information content (AvgIpc) is 1.88. The molecule has 0 saturated carbocycles. The van der Waals surface area contributed by atoms with Gasteiger partial charge in [0.05, 0.1) is 6.61 Å². The van der Waals surface area contributed by atoms with E-state index in [1.165, 1.54) is 6.92 Å². The molecule has 0 aliphatic rings. The molecular weight excluding hydrogens is 144 g/mol. The molecule has 0 aromatic rings. The van der Waals surface area contributed by atoms with E-state index in [1.807, 2.05) is 6.92 Å². The van der Waals surface area contributed by atoms with Gasteiger partial charge in [-0.3, -0.25) is 4.79 Å². The van der Waals surface area contributed by atoms with Crippen LogP contribution in [0.15, 0.2) is 0 Å². The Bertz CT molecular complexity index is 125. The Morgan fingerprint density at radius 3 is 2.36 bits per heavy atom. The van der Waals surface area contributed by atoms with Crippen LogP contribution in [0.25, 0.3) is 0 Å². The summed E-state index contributed by atoms with van der Waals surface area (Å²) in [5.41, 5.74) is -0.760. The Labute approximate surface area is 67.7 Å². The van der Waals surface area contributed by atoms with Crippen LogP contribution in [-0.2, 0) is 14.3 Å². The molecule has 0 aromatic heterocycles. The summed E-state index contributed by atoms with van der Waals surface area (Å²) in [6.45, 7) is 5.95. The van der Waals surface area contributed by atoms with Gasteiger partial charge in [0.1, 0.15) is 5.60 Å². The van der Waals surface area contributed by atoms with E-state index in [2.05, 4.69) is 0 Å². The number of hydrogen-bond donors (Lipinski definition) is 0. The molecule has 0 heterocycles. The summed E-state index contributed by atoms with van der Waals surface area (Å²) in [4.78, 5) is 11.0. The summed E-state index contributed by atoms with van der Waals surface area (Å²) in [6.07, 6.45) is 0. The molecule has 0 aliphatic heterocycles. The summed E-state index contributed by atoms with van der Waals surface area (Å²) in [6, 6.07) is 0. The molecule has 1 atom stereocenters. The van der Waals surface area contributed by atoms with Crippen molar-refractivity contribution in [3.8, 4) is 0 Å². The Balaban J connectivity index is 4.13. The van der Waals surface area contributed by atoms with E-state index < -0.39 is 5.60 Å². The van der Waals surface area contributed by atoms with E-state index in [9.17, 15) is 4.79 Å². The van der Waals surface area contributed by atoms with Gasteiger partial charge in [0.2, 0.25) is 0 Å². The molecule has 0 saturated heterocycles. The van der Waals surface area contributed by atoms with Crippen molar-refractivity contribution in [1.82, 2.24) is 0 Å². The molecule has 66 valence electrons. The summed E-state index contributed by atoms with van der Waals surface area (Å²) in [5, 5.41) is 0. The second-order valence-electron chi connectivity index (χ2n) is 2.65. The van der Waals surface area contributed by atoms with Crippen molar-refractivity contribution in [3.05, 3.63) is 0 Å². The zero-order valence-corrected chi connectivity index (χ0v) is 7.64. The fraction of sp³-hybridized carbons (Fsp3) is 0.875. The summed E-state index contributed by atoms with van der Waals surface area (Å²) < 4.78 is 10.1. The minimum Gasteiger partial charge on any atom is -0.381 e. The van der Waals surface area contributed by atoms with E-state index >= 15 is 0 Å². The third-order valence-electron chi connectivity index (χ3n) is 1.63. The second kappa shape index (κ2) is 4.46. The first-order valence-corrected chi connectivity index (χ1v) is 3.70. The number of hydrogen-bond acceptors (Lipinski definition) is 3. The topological polar surface area (TPSA) is 35.5 Å². The van der Waals surface area contributed by atoms with Crippen molar-refractivity contribution >= 4 is 5.78 Å². The zero-order chi connectivity index (χ0) is 8.91. The number of methoxy groups -OCH3 is 1. The minimum absolute atomic E-state index is 0.00111. The highest BCUT2D eigenvalue weighted by atomic mass is 16.5. The molecule has 0 aliphatic carbocycles. The molecule has 11 heavy (non-hydrogen) atoms. The van der Waals surface area contributed by atoms with Gasteiger partial charge in [0, 0.05) is 13.7 Å². The zero-order valence-electron chi connectivity index (χ0n) is 7.64. The first kappa shape index (κ1) is 10.6. The predicted molar refractivity (Wildman–Crippen MR) is 42.6 cm³/mol. The summed E-state index contributed by atoms with van der Waals surface area (Å²) in [7, 11) is 1.56. The van der Waals surface area contributed by atoms with E-state index in [-0.39, 0.29) is 5.78 Å². The smallest absolute Gasteiger partial charge is 0.163 e. The molecule has 0 spiro atoms. The number of ether oxygens (including phenoxy) is 2. The fourth-order valence-corrected chi connectivity index (χ4v) is 0.839. The largest absolute Gasteiger partial charge is 0.381 e. The van der Waals surface area contributed by atoms with Gasteiger partial charge in [-0.2, -0.15) is 0 Å². The van der Waals surface area contributed by atoms with Gasteiger partial charge < -0.3 is 9.47 Å². The van der Waals surface area contributed by atoms with Crippen molar-refractivity contribution in [2.75, 3.05) is 20.3 Å². The van der Waals surface area contributed by atoms with Gasteiger partial charge in [-0.05, 0) is 20.8 Å². The van der Waals surface area contributed by atoms with Crippen molar-refractivity contribution in [3.63, 3.8) is 0 Å². The molecule has 0 N–H and O–H groups in total. The SMILES string of the molecule is CCOC(C)(COC)C(C)=O. The van der Waals surface area contributed by atoms with Crippen LogP contribution in [0.5, 0.6) is 0 Å². The molecule has 3 nitrogen and oxygen atoms in total. The van der Waals surface area contributed by atoms with Crippen LogP contribution in [-0.4, -0.2) is 31.7 Å². The first-order chi connectivity index (χ1) is 5.06. The standard InChI is InChI=1S/C8H16O3/c1-5-11-8(3,6-10-4)7(2)9/h5-6H2,1-4H3. The summed E-state index contributed by atoms with van der Waals surface area (Å²) in [5.74, 6) is 0.00111. The maximum atomic E-state index is 11.0. The summed E-state index contributed by atoms with van der Waals surface area (Å²) >= 11 is 0. The molecule has 1 unspecified atom stereocenters. The monoisotopic (exact) mass is 160 g/mol. The van der Waals surface area contributed by atoms with Crippen LogP contribution in [0.4, 0.5) is 0 Å². The molecule has 0 rings (SSSR count). The molecule has 0 amide bonds. The van der Waals surface area contributed by atoms with Gasteiger partial charge in [-0.15, -0.1) is 0 Å². The van der Waals surface area contributed by atoms with Crippen LogP contribution in [0.2, 0.25) is 0 Å². The van der Waals surface area contributed by atoms with Crippen LogP contribution in [0, 0.1) is 0 Å². The lowest BCUT2D eigenvalue weighted by Gasteiger charge is -2.25. The number of carbonyl (C=O) groups excluding carboxylic acids is 1. The highest BCUT2D eigenvalue weighted by molar-refractivity contribution is 5.84. The third-order valence-corrected chi connectivity index (χ3v) is 1.63. The number of Topliss-reactive ketones (excluding diaryl/α,β-unsaturated/α-hetero) is 1. The van der Waals surface area contributed by atoms with Crippen LogP contribution in [0.1, 0.15) is 20.8 Å². The van der Waals surface area contributed by atoms with E-state index in [4.69, 9.17) is 9.47 Å². The lowest BCUT2D eigenvalue weighted by atomic mass is 10.0. The van der Waals surface area contributed by atoms with Crippen LogP contribution in [0.3, 0.4) is 0 Å². The molecule has 0 fully saturated rings. The van der Waals surface area contributed by atoms with Gasteiger partial charge in [0.25, 0.3) is 0 Å². The van der Waals surface area contributed by atoms with E-state index in [1.54, 1.807) is 14.0 Å². The van der Waals surface area contributed by atoms with Gasteiger partial charge in [-0.25, -0.2) is 0 Å². The predicted octanol–water partition coefficient (Wildman–Crippen LogP) is 1.02. The first-order valence-electron chi connectivity index (χ1n) is 3.70. The molecule has 3 heteroatoms. The van der Waals surface area contributed by atoms with Gasteiger partial charge in [0.15, 0.2) is 5.78 Å². The maximum absolute atomic E-state index is 11.0. The third kappa shape index (κ3) is 2.99. The van der Waals surface area contributed by atoms with E-state index in [0.717, 1.165) is 0 Å². The molecule has 0 bridgehead atoms. The van der Waals surface area contributed by atoms with Crippen molar-refractivity contribution in [2.45, 2.75) is 26.4 Å². The highest BCUT2D eigenvalue weighted by Gasteiger charge is 2.29. The second-order valence-corrected chi connectivity index (χ2v) is 2.65.